The molecule has 1 saturated heterocycles. The Bertz CT molecular complexity index is 997. The molecule has 1 N–H and O–H groups in total. The van der Waals surface area contributed by atoms with Crippen molar-refractivity contribution in [1.29, 1.82) is 0 Å². The second-order valence-corrected chi connectivity index (χ2v) is 10.8. The molecule has 31 heavy (non-hydrogen) atoms. The summed E-state index contributed by atoms with van der Waals surface area (Å²) < 4.78 is 0. The van der Waals surface area contributed by atoms with E-state index < -0.39 is 5.97 Å². The first kappa shape index (κ1) is 21.7. The van der Waals surface area contributed by atoms with Crippen LogP contribution in [0.5, 0.6) is 0 Å². The van der Waals surface area contributed by atoms with E-state index in [2.05, 4.69) is 38.4 Å². The van der Waals surface area contributed by atoms with E-state index in [-0.39, 0.29) is 36.0 Å². The summed E-state index contributed by atoms with van der Waals surface area (Å²) in [5.74, 6) is 1.88. The Labute approximate surface area is 208 Å². The van der Waals surface area contributed by atoms with Gasteiger partial charge in [0.1, 0.15) is 5.03 Å². The predicted octanol–water partition coefficient (Wildman–Crippen LogP) is 0.0670. The van der Waals surface area contributed by atoms with Crippen molar-refractivity contribution in [3.05, 3.63) is 36.2 Å². The van der Waals surface area contributed by atoms with Crippen molar-refractivity contribution in [2.45, 2.75) is 48.6 Å². The molecule has 1 aromatic carbocycles. The van der Waals surface area contributed by atoms with Crippen molar-refractivity contribution in [2.24, 2.45) is 23.2 Å². The van der Waals surface area contributed by atoms with Gasteiger partial charge >= 0.3 is 29.6 Å². The minimum atomic E-state index is -0.882. The Morgan fingerprint density at radius 1 is 1.16 bits per heavy atom. The number of hydrogen-bond donors (Lipinski definition) is 1. The van der Waals surface area contributed by atoms with Gasteiger partial charge in [-0.2, -0.15) is 0 Å². The van der Waals surface area contributed by atoms with Crippen molar-refractivity contribution in [3.63, 3.8) is 0 Å². The first-order valence-electron chi connectivity index (χ1n) is 10.9. The number of hydrogen-bond acceptors (Lipinski definition) is 7. The maximum Gasteiger partial charge on any atom is 1.00 e. The zero-order chi connectivity index (χ0) is 20.3. The van der Waals surface area contributed by atoms with Crippen LogP contribution in [0.15, 0.2) is 40.5 Å². The summed E-state index contributed by atoms with van der Waals surface area (Å²) in [4.78, 5) is 23.4. The van der Waals surface area contributed by atoms with Crippen LogP contribution >= 0.6 is 11.8 Å². The second kappa shape index (κ2) is 8.34. The van der Waals surface area contributed by atoms with E-state index in [0.29, 0.717) is 11.3 Å². The van der Waals surface area contributed by atoms with Crippen molar-refractivity contribution < 1.29 is 39.5 Å². The fourth-order valence-electron chi connectivity index (χ4n) is 6.54. The summed E-state index contributed by atoms with van der Waals surface area (Å²) in [6.07, 6.45) is 8.49. The minimum absolute atomic E-state index is 0. The number of nitrogens with one attached hydrogen (secondary N) is 1. The van der Waals surface area contributed by atoms with Crippen LogP contribution in [0.2, 0.25) is 0 Å². The van der Waals surface area contributed by atoms with Gasteiger partial charge in [0.25, 0.3) is 0 Å². The van der Waals surface area contributed by atoms with Gasteiger partial charge in [-0.1, -0.05) is 17.8 Å². The van der Waals surface area contributed by atoms with Gasteiger partial charge in [-0.05, 0) is 73.0 Å². The van der Waals surface area contributed by atoms with Crippen LogP contribution in [0.4, 0.5) is 11.5 Å². The molecular formula is C23H25N4NaO2S. The van der Waals surface area contributed by atoms with Crippen LogP contribution in [-0.4, -0.2) is 33.9 Å². The molecule has 3 fully saturated rings. The summed E-state index contributed by atoms with van der Waals surface area (Å²) in [6, 6.07) is 6.69. The largest absolute Gasteiger partial charge is 1.00 e. The number of benzene rings is 1. The fraction of sp³-hybridized carbons (Fsp3) is 0.522. The molecule has 156 valence electrons. The van der Waals surface area contributed by atoms with Crippen molar-refractivity contribution in [1.82, 2.24) is 14.9 Å². The van der Waals surface area contributed by atoms with Gasteiger partial charge in [-0.25, -0.2) is 9.97 Å². The van der Waals surface area contributed by atoms with E-state index in [4.69, 9.17) is 0 Å². The van der Waals surface area contributed by atoms with E-state index >= 15 is 0 Å². The molecule has 0 bridgehead atoms. The van der Waals surface area contributed by atoms with Crippen LogP contribution in [0.25, 0.3) is 0 Å². The molecule has 6 rings (SSSR count). The molecule has 2 aliphatic heterocycles. The Morgan fingerprint density at radius 2 is 1.90 bits per heavy atom. The van der Waals surface area contributed by atoms with E-state index in [0.717, 1.165) is 47.8 Å². The average Bonchev–Trinajstić information content (AvgIpc) is 3.21. The van der Waals surface area contributed by atoms with Gasteiger partial charge < -0.3 is 15.2 Å². The summed E-state index contributed by atoms with van der Waals surface area (Å²) in [7, 11) is 0. The number of aromatic nitrogens is 2. The van der Waals surface area contributed by atoms with Crippen molar-refractivity contribution in [2.75, 3.05) is 18.4 Å². The molecule has 2 atom stereocenters. The molecule has 8 heteroatoms. The van der Waals surface area contributed by atoms with Gasteiger partial charge in [0.15, 0.2) is 5.82 Å². The van der Waals surface area contributed by atoms with Crippen molar-refractivity contribution >= 4 is 29.2 Å². The molecule has 0 radical (unpaired) electrons. The molecular weight excluding hydrogens is 419 g/mol. The summed E-state index contributed by atoms with van der Waals surface area (Å²) >= 11 is 1.67. The summed E-state index contributed by atoms with van der Waals surface area (Å²) in [6.45, 7) is 3.33. The normalized spacial score (nSPS) is 30.5. The first-order chi connectivity index (χ1) is 14.6. The van der Waals surface area contributed by atoms with Crippen LogP contribution < -0.4 is 40.0 Å². The predicted molar refractivity (Wildman–Crippen MR) is 112 cm³/mol. The molecule has 1 aromatic heterocycles. The third-order valence-corrected chi connectivity index (χ3v) is 8.58. The van der Waals surface area contributed by atoms with Crippen molar-refractivity contribution in [3.8, 4) is 0 Å². The molecule has 0 amide bonds. The van der Waals surface area contributed by atoms with E-state index in [9.17, 15) is 9.90 Å². The number of rotatable bonds is 4. The SMILES string of the molecule is O=C([O-])CC1CC2(C1)CC1CN(Cc3ccc4c(c3)Nc3nccnc3S4)CC1C2.[Na+]. The number of anilines is 2. The van der Waals surface area contributed by atoms with Gasteiger partial charge in [-0.3, -0.25) is 4.90 Å². The number of carbonyl (C=O) groups is 1. The van der Waals surface area contributed by atoms with E-state index in [1.807, 2.05) is 0 Å². The molecule has 4 aliphatic rings. The summed E-state index contributed by atoms with van der Waals surface area (Å²) in [5, 5.41) is 15.2. The topological polar surface area (TPSA) is 81.2 Å². The Morgan fingerprint density at radius 3 is 2.65 bits per heavy atom. The van der Waals surface area contributed by atoms with Crippen LogP contribution in [0.1, 0.15) is 37.7 Å². The Hall–Kier alpha value is -1.12. The molecule has 2 aliphatic carbocycles. The van der Waals surface area contributed by atoms with Crippen LogP contribution in [0.3, 0.4) is 0 Å². The molecule has 2 saturated carbocycles. The molecule has 6 nitrogen and oxygen atoms in total. The second-order valence-electron chi connectivity index (χ2n) is 9.74. The third kappa shape index (κ3) is 4.15. The summed E-state index contributed by atoms with van der Waals surface area (Å²) in [5.41, 5.74) is 2.90. The zero-order valence-electron chi connectivity index (χ0n) is 17.8. The number of carboxylic acid groups (broad SMARTS) is 1. The van der Waals surface area contributed by atoms with Gasteiger partial charge in [0.2, 0.25) is 0 Å². The van der Waals surface area contributed by atoms with Gasteiger partial charge in [0, 0.05) is 42.9 Å². The van der Waals surface area contributed by atoms with Gasteiger partial charge in [-0.15, -0.1) is 0 Å². The van der Waals surface area contributed by atoms with E-state index in [1.165, 1.54) is 36.4 Å². The number of fused-ring (bicyclic) bond motifs is 3. The maximum atomic E-state index is 10.8. The minimum Gasteiger partial charge on any atom is -0.550 e. The molecule has 1 spiro atoms. The Balaban J connectivity index is 0.00000204. The number of nitrogens with zero attached hydrogens (tertiary/aromatic N) is 3. The number of aliphatic carboxylic acids is 1. The zero-order valence-corrected chi connectivity index (χ0v) is 20.7. The maximum absolute atomic E-state index is 10.8. The average molecular weight is 445 g/mol. The van der Waals surface area contributed by atoms with Gasteiger partial charge in [0.05, 0.1) is 5.69 Å². The standard InChI is InChI=1S/C23H26N4O2S.Na/c28-20(29)6-15-7-23(8-15)9-16-12-27(13-17(16)10-23)11-14-1-2-19-18(5-14)26-21-22(30-19)25-4-3-24-21;/h1-5,15-17H,6-13H2,(H,24,26)(H,28,29);/q;+1/p-1. The molecule has 3 heterocycles. The third-order valence-electron chi connectivity index (χ3n) is 7.52. The van der Waals surface area contributed by atoms with E-state index in [1.54, 1.807) is 24.2 Å². The molecule has 2 aromatic rings. The molecule has 2 unspecified atom stereocenters. The van der Waals surface area contributed by atoms with Crippen LogP contribution in [-0.2, 0) is 11.3 Å². The quantitative estimate of drug-likeness (QED) is 0.571. The first-order valence-corrected chi connectivity index (χ1v) is 11.7. The smallest absolute Gasteiger partial charge is 0.550 e. The Kier molecular flexibility index (Phi) is 5.84. The number of carbonyl (C=O) groups excluding carboxylic acids is 1. The number of likely N-dealkylation sites (tertiary alicyclic amines) is 1. The monoisotopic (exact) mass is 444 g/mol. The van der Waals surface area contributed by atoms with Crippen LogP contribution in [0, 0.1) is 23.2 Å². The number of carboxylic acids is 1. The fourth-order valence-corrected chi connectivity index (χ4v) is 7.42.